The molecule has 1 heterocycles. The van der Waals surface area contributed by atoms with Gasteiger partial charge < -0.3 is 15.3 Å². The molecule has 2 unspecified atom stereocenters. The first-order chi connectivity index (χ1) is 13.0. The molecule has 1 amide bonds. The Bertz CT molecular complexity index is 873. The van der Waals surface area contributed by atoms with Crippen LogP contribution in [0.25, 0.3) is 0 Å². The van der Waals surface area contributed by atoms with Crippen molar-refractivity contribution in [1.82, 2.24) is 0 Å². The Kier molecular flexibility index (Phi) is 4.38. The molecular formula is C22H24N2O3. The Balaban J connectivity index is 1.71. The van der Waals surface area contributed by atoms with E-state index >= 15 is 0 Å². The first-order valence-electron chi connectivity index (χ1n) is 9.46. The van der Waals surface area contributed by atoms with E-state index in [0.29, 0.717) is 5.92 Å². The molecule has 0 spiro atoms. The van der Waals surface area contributed by atoms with E-state index in [9.17, 15) is 9.59 Å². The molecule has 0 aromatic heterocycles. The molecule has 1 fully saturated rings. The van der Waals surface area contributed by atoms with E-state index in [1.165, 1.54) is 12.8 Å². The minimum atomic E-state index is -0.927. The summed E-state index contributed by atoms with van der Waals surface area (Å²) in [5.74, 6) is -0.0364. The molecule has 2 N–H and O–H groups in total. The second-order valence-corrected chi connectivity index (χ2v) is 7.64. The normalized spacial score (nSPS) is 24.2. The highest BCUT2D eigenvalue weighted by Crippen LogP contribution is 2.49. The number of carboxylic acid groups (broad SMARTS) is 1. The summed E-state index contributed by atoms with van der Waals surface area (Å²) in [6.45, 7) is 3.86. The molecule has 2 aromatic rings. The zero-order valence-electron chi connectivity index (χ0n) is 15.6. The van der Waals surface area contributed by atoms with Gasteiger partial charge in [0.25, 0.3) is 0 Å². The number of fused-ring (bicyclic) bond motifs is 1. The average Bonchev–Trinajstić information content (AvgIpc) is 3.48. The molecule has 0 saturated heterocycles. The minimum Gasteiger partial charge on any atom is -0.478 e. The Hall–Kier alpha value is -2.82. The van der Waals surface area contributed by atoms with Crippen LogP contribution in [0.4, 0.5) is 11.4 Å². The summed E-state index contributed by atoms with van der Waals surface area (Å²) in [6, 6.07) is 15.2. The van der Waals surface area contributed by atoms with Gasteiger partial charge in [-0.05, 0) is 54.7 Å². The van der Waals surface area contributed by atoms with Gasteiger partial charge >= 0.3 is 5.97 Å². The van der Waals surface area contributed by atoms with Crippen molar-refractivity contribution in [2.75, 3.05) is 10.2 Å². The van der Waals surface area contributed by atoms with Crippen molar-refractivity contribution in [3.05, 3.63) is 59.7 Å². The molecular weight excluding hydrogens is 340 g/mol. The number of carbonyl (C=O) groups excluding carboxylic acids is 1. The van der Waals surface area contributed by atoms with Gasteiger partial charge in [0.2, 0.25) is 5.91 Å². The average molecular weight is 364 g/mol. The summed E-state index contributed by atoms with van der Waals surface area (Å²) in [6.07, 6.45) is 2.34. The lowest BCUT2D eigenvalue weighted by Gasteiger charge is -2.46. The van der Waals surface area contributed by atoms with Crippen LogP contribution in [0.15, 0.2) is 48.5 Å². The summed E-state index contributed by atoms with van der Waals surface area (Å²) in [5, 5.41) is 12.7. The maximum Gasteiger partial charge on any atom is 0.335 e. The van der Waals surface area contributed by atoms with Gasteiger partial charge in [0.05, 0.1) is 11.6 Å². The van der Waals surface area contributed by atoms with Crippen LogP contribution in [0.2, 0.25) is 0 Å². The van der Waals surface area contributed by atoms with Crippen molar-refractivity contribution in [3.8, 4) is 0 Å². The smallest absolute Gasteiger partial charge is 0.335 e. The van der Waals surface area contributed by atoms with Crippen LogP contribution in [-0.4, -0.2) is 23.0 Å². The van der Waals surface area contributed by atoms with Gasteiger partial charge in [0.1, 0.15) is 0 Å². The number of nitrogens with one attached hydrogen (secondary N) is 1. The van der Waals surface area contributed by atoms with Crippen molar-refractivity contribution >= 4 is 23.3 Å². The van der Waals surface area contributed by atoms with Crippen LogP contribution in [0.3, 0.4) is 0 Å². The zero-order valence-corrected chi connectivity index (χ0v) is 15.6. The van der Waals surface area contributed by atoms with Gasteiger partial charge in [-0.25, -0.2) is 4.79 Å². The fraction of sp³-hybridized carbons (Fsp3) is 0.364. The summed E-state index contributed by atoms with van der Waals surface area (Å²) in [7, 11) is 0. The highest BCUT2D eigenvalue weighted by Gasteiger charge is 2.47. The number of aromatic carboxylic acids is 1. The second kappa shape index (κ2) is 6.72. The van der Waals surface area contributed by atoms with Crippen molar-refractivity contribution in [3.63, 3.8) is 0 Å². The molecule has 2 aliphatic rings. The summed E-state index contributed by atoms with van der Waals surface area (Å²) < 4.78 is 0. The predicted molar refractivity (Wildman–Crippen MR) is 105 cm³/mol. The third kappa shape index (κ3) is 3.18. The summed E-state index contributed by atoms with van der Waals surface area (Å²) >= 11 is 0. The number of hydrogen-bond acceptors (Lipinski definition) is 3. The standard InChI is InChI=1S/C22H24N2O3/c1-13-20(23-17-11-9-16(10-12-17)22(26)27)18-5-3-4-6-19(18)24(14(2)25)21(13)15-7-8-15/h3-6,9-13,15,20-21,23H,7-8H2,1-2H3,(H,26,27)/t13-,20?,21?/m1/s1. The number of amides is 1. The molecule has 140 valence electrons. The number of anilines is 2. The Labute approximate surface area is 159 Å². The van der Waals surface area contributed by atoms with Crippen LogP contribution in [-0.2, 0) is 4.79 Å². The van der Waals surface area contributed by atoms with Crippen molar-refractivity contribution in [2.24, 2.45) is 11.8 Å². The van der Waals surface area contributed by atoms with E-state index in [4.69, 9.17) is 5.11 Å². The molecule has 27 heavy (non-hydrogen) atoms. The topological polar surface area (TPSA) is 69.6 Å². The first kappa shape index (κ1) is 17.6. The number of rotatable bonds is 4. The Morgan fingerprint density at radius 1 is 1.07 bits per heavy atom. The van der Waals surface area contributed by atoms with E-state index in [2.05, 4.69) is 18.3 Å². The fourth-order valence-electron chi connectivity index (χ4n) is 4.40. The number of benzene rings is 2. The monoisotopic (exact) mass is 364 g/mol. The number of nitrogens with zero attached hydrogens (tertiary/aromatic N) is 1. The third-order valence-electron chi connectivity index (χ3n) is 5.79. The highest BCUT2D eigenvalue weighted by molar-refractivity contribution is 5.94. The van der Waals surface area contributed by atoms with E-state index < -0.39 is 5.97 Å². The van der Waals surface area contributed by atoms with Crippen molar-refractivity contribution in [2.45, 2.75) is 38.8 Å². The molecule has 0 radical (unpaired) electrons. The highest BCUT2D eigenvalue weighted by atomic mass is 16.4. The maximum atomic E-state index is 12.5. The molecule has 4 rings (SSSR count). The zero-order chi connectivity index (χ0) is 19.1. The van der Waals surface area contributed by atoms with Gasteiger partial charge in [-0.3, -0.25) is 4.79 Å². The lowest BCUT2D eigenvalue weighted by atomic mass is 9.80. The third-order valence-corrected chi connectivity index (χ3v) is 5.79. The van der Waals surface area contributed by atoms with E-state index in [1.807, 2.05) is 35.2 Å². The van der Waals surface area contributed by atoms with Gasteiger partial charge in [-0.1, -0.05) is 25.1 Å². The van der Waals surface area contributed by atoms with Crippen LogP contribution in [0, 0.1) is 11.8 Å². The quantitative estimate of drug-likeness (QED) is 0.848. The molecule has 1 saturated carbocycles. The van der Waals surface area contributed by atoms with Crippen LogP contribution >= 0.6 is 0 Å². The van der Waals surface area contributed by atoms with Crippen LogP contribution in [0.5, 0.6) is 0 Å². The molecule has 1 aliphatic carbocycles. The molecule has 0 bridgehead atoms. The fourth-order valence-corrected chi connectivity index (χ4v) is 4.40. The van der Waals surface area contributed by atoms with Gasteiger partial charge in [0, 0.05) is 30.3 Å². The van der Waals surface area contributed by atoms with Crippen LogP contribution < -0.4 is 10.2 Å². The molecule has 5 heteroatoms. The van der Waals surface area contributed by atoms with Crippen molar-refractivity contribution in [1.29, 1.82) is 0 Å². The predicted octanol–water partition coefficient (Wildman–Crippen LogP) is 4.32. The lowest BCUT2D eigenvalue weighted by Crippen LogP contribution is -2.51. The number of carbonyl (C=O) groups is 2. The lowest BCUT2D eigenvalue weighted by molar-refractivity contribution is -0.117. The second-order valence-electron chi connectivity index (χ2n) is 7.64. The number of para-hydroxylation sites is 1. The Morgan fingerprint density at radius 3 is 2.33 bits per heavy atom. The van der Waals surface area contributed by atoms with Crippen LogP contribution in [0.1, 0.15) is 48.7 Å². The van der Waals surface area contributed by atoms with Gasteiger partial charge in [0.15, 0.2) is 0 Å². The molecule has 3 atom stereocenters. The minimum absolute atomic E-state index is 0.0677. The van der Waals surface area contributed by atoms with E-state index in [1.54, 1.807) is 19.1 Å². The number of carboxylic acids is 1. The Morgan fingerprint density at radius 2 is 1.74 bits per heavy atom. The van der Waals surface area contributed by atoms with E-state index in [0.717, 1.165) is 16.9 Å². The van der Waals surface area contributed by atoms with E-state index in [-0.39, 0.29) is 29.5 Å². The summed E-state index contributed by atoms with van der Waals surface area (Å²) in [5.41, 5.74) is 3.26. The molecule has 1 aliphatic heterocycles. The number of hydrogen-bond donors (Lipinski definition) is 2. The van der Waals surface area contributed by atoms with Crippen molar-refractivity contribution < 1.29 is 14.7 Å². The van der Waals surface area contributed by atoms with Gasteiger partial charge in [-0.2, -0.15) is 0 Å². The molecule has 5 nitrogen and oxygen atoms in total. The summed E-state index contributed by atoms with van der Waals surface area (Å²) in [4.78, 5) is 25.5. The largest absolute Gasteiger partial charge is 0.478 e. The maximum absolute atomic E-state index is 12.5. The first-order valence-corrected chi connectivity index (χ1v) is 9.46. The molecule has 2 aromatic carbocycles. The van der Waals surface area contributed by atoms with Gasteiger partial charge in [-0.15, -0.1) is 0 Å². The SMILES string of the molecule is CC(=O)N1c2ccccc2C(Nc2ccc(C(=O)O)cc2)[C@@H](C)C1C1CC1.